The van der Waals surface area contributed by atoms with Crippen molar-refractivity contribution in [3.05, 3.63) is 58.7 Å². The summed E-state index contributed by atoms with van der Waals surface area (Å²) < 4.78 is 4.71. The lowest BCUT2D eigenvalue weighted by atomic mass is 10.1. The molecule has 2 aromatic rings. The van der Waals surface area contributed by atoms with Crippen LogP contribution in [0.4, 0.5) is 5.69 Å². The smallest absolute Gasteiger partial charge is 0.337 e. The van der Waals surface area contributed by atoms with Crippen LogP contribution in [-0.4, -0.2) is 24.7 Å². The molecule has 0 aliphatic carbocycles. The number of benzene rings is 2. The van der Waals surface area contributed by atoms with Gasteiger partial charge in [-0.15, -0.1) is 11.8 Å². The van der Waals surface area contributed by atoms with Crippen LogP contribution in [0.25, 0.3) is 0 Å². The molecule has 0 heterocycles. The molecule has 0 aromatic heterocycles. The number of thioether (sulfide) groups is 1. The SMILES string of the molecule is COC(=O)c1ccc(C)c(NC(=O)CSc2cc(C)ccc2C)c1. The number of methoxy groups -OCH3 is 1. The van der Waals surface area contributed by atoms with Crippen LogP contribution in [0.5, 0.6) is 0 Å². The van der Waals surface area contributed by atoms with Crippen LogP contribution < -0.4 is 5.32 Å². The number of anilines is 1. The van der Waals surface area contributed by atoms with Gasteiger partial charge in [-0.05, 0) is 50.1 Å². The predicted molar refractivity (Wildman–Crippen MR) is 97.8 cm³/mol. The first-order chi connectivity index (χ1) is 11.4. The third-order valence-electron chi connectivity index (χ3n) is 3.64. The van der Waals surface area contributed by atoms with E-state index in [9.17, 15) is 9.59 Å². The first-order valence-corrected chi connectivity index (χ1v) is 8.58. The lowest BCUT2D eigenvalue weighted by molar-refractivity contribution is -0.113. The molecule has 0 fully saturated rings. The van der Waals surface area contributed by atoms with Crippen molar-refractivity contribution in [1.29, 1.82) is 0 Å². The van der Waals surface area contributed by atoms with Crippen molar-refractivity contribution in [2.24, 2.45) is 0 Å². The first-order valence-electron chi connectivity index (χ1n) is 7.59. The van der Waals surface area contributed by atoms with Gasteiger partial charge in [0, 0.05) is 10.6 Å². The number of ether oxygens (including phenoxy) is 1. The van der Waals surface area contributed by atoms with Gasteiger partial charge in [0.2, 0.25) is 5.91 Å². The summed E-state index contributed by atoms with van der Waals surface area (Å²) >= 11 is 1.51. The van der Waals surface area contributed by atoms with Crippen molar-refractivity contribution in [2.45, 2.75) is 25.7 Å². The van der Waals surface area contributed by atoms with Crippen LogP contribution in [0.1, 0.15) is 27.0 Å². The van der Waals surface area contributed by atoms with Crippen LogP contribution in [0.15, 0.2) is 41.3 Å². The highest BCUT2D eigenvalue weighted by Gasteiger charge is 2.11. The summed E-state index contributed by atoms with van der Waals surface area (Å²) in [7, 11) is 1.33. The largest absolute Gasteiger partial charge is 0.465 e. The average Bonchev–Trinajstić information content (AvgIpc) is 2.57. The Labute approximate surface area is 146 Å². The molecular weight excluding hydrogens is 322 g/mol. The number of carbonyl (C=O) groups is 2. The Morgan fingerprint density at radius 1 is 1.04 bits per heavy atom. The van der Waals surface area contributed by atoms with E-state index in [1.807, 2.05) is 20.8 Å². The third-order valence-corrected chi connectivity index (χ3v) is 4.79. The van der Waals surface area contributed by atoms with E-state index in [1.54, 1.807) is 18.2 Å². The van der Waals surface area contributed by atoms with Crippen LogP contribution >= 0.6 is 11.8 Å². The van der Waals surface area contributed by atoms with E-state index in [0.29, 0.717) is 17.0 Å². The number of hydrogen-bond donors (Lipinski definition) is 1. The predicted octanol–water partition coefficient (Wildman–Crippen LogP) is 4.13. The van der Waals surface area contributed by atoms with Crippen LogP contribution in [0, 0.1) is 20.8 Å². The van der Waals surface area contributed by atoms with Gasteiger partial charge in [0.15, 0.2) is 0 Å². The molecule has 2 rings (SSSR count). The molecular formula is C19H21NO3S. The van der Waals surface area contributed by atoms with Gasteiger partial charge in [0.25, 0.3) is 0 Å². The quantitative estimate of drug-likeness (QED) is 0.655. The number of rotatable bonds is 5. The zero-order chi connectivity index (χ0) is 17.7. The maximum atomic E-state index is 12.2. The molecule has 1 N–H and O–H groups in total. The second kappa shape index (κ2) is 8.02. The number of hydrogen-bond acceptors (Lipinski definition) is 4. The molecule has 0 bridgehead atoms. The standard InChI is InChI=1S/C19H21NO3S/c1-12-5-6-14(3)17(9-12)24-11-18(21)20-16-10-15(19(22)23-4)8-7-13(16)2/h5-10H,11H2,1-4H3,(H,20,21). The molecule has 0 radical (unpaired) electrons. The third kappa shape index (κ3) is 4.61. The molecule has 0 saturated carbocycles. The van der Waals surface area contributed by atoms with E-state index in [-0.39, 0.29) is 5.91 Å². The molecule has 126 valence electrons. The van der Waals surface area contributed by atoms with Crippen LogP contribution in [-0.2, 0) is 9.53 Å². The van der Waals surface area contributed by atoms with E-state index in [2.05, 4.69) is 23.5 Å². The second-order valence-electron chi connectivity index (χ2n) is 5.63. The summed E-state index contributed by atoms with van der Waals surface area (Å²) in [4.78, 5) is 24.9. The summed E-state index contributed by atoms with van der Waals surface area (Å²) in [5.41, 5.74) is 4.27. The summed E-state index contributed by atoms with van der Waals surface area (Å²) in [5, 5.41) is 2.87. The molecule has 0 unspecified atom stereocenters. The number of carbonyl (C=O) groups excluding carboxylic acids is 2. The van der Waals surface area contributed by atoms with Crippen molar-refractivity contribution in [1.82, 2.24) is 0 Å². The summed E-state index contributed by atoms with van der Waals surface area (Å²) in [6.07, 6.45) is 0. The van der Waals surface area contributed by atoms with Crippen molar-refractivity contribution in [3.8, 4) is 0 Å². The van der Waals surface area contributed by atoms with E-state index < -0.39 is 5.97 Å². The molecule has 4 nitrogen and oxygen atoms in total. The minimum Gasteiger partial charge on any atom is -0.465 e. The molecule has 24 heavy (non-hydrogen) atoms. The molecule has 1 amide bonds. The highest BCUT2D eigenvalue weighted by atomic mass is 32.2. The lowest BCUT2D eigenvalue weighted by Crippen LogP contribution is -2.15. The summed E-state index contributed by atoms with van der Waals surface area (Å²) in [6, 6.07) is 11.3. The minimum atomic E-state index is -0.421. The molecule has 0 spiro atoms. The van der Waals surface area contributed by atoms with Crippen molar-refractivity contribution < 1.29 is 14.3 Å². The number of esters is 1. The van der Waals surface area contributed by atoms with Gasteiger partial charge in [0.05, 0.1) is 18.4 Å². The molecule has 0 atom stereocenters. The fourth-order valence-electron chi connectivity index (χ4n) is 2.19. The Hall–Kier alpha value is -2.27. The summed E-state index contributed by atoms with van der Waals surface area (Å²) in [5.74, 6) is -0.215. The minimum absolute atomic E-state index is 0.106. The van der Waals surface area contributed by atoms with Gasteiger partial charge in [-0.25, -0.2) is 4.79 Å². The van der Waals surface area contributed by atoms with E-state index in [4.69, 9.17) is 4.74 Å². The van der Waals surface area contributed by atoms with Crippen LogP contribution in [0.2, 0.25) is 0 Å². The number of nitrogens with one attached hydrogen (secondary N) is 1. The monoisotopic (exact) mass is 343 g/mol. The van der Waals surface area contributed by atoms with E-state index in [1.165, 1.54) is 24.4 Å². The Bertz CT molecular complexity index is 771. The topological polar surface area (TPSA) is 55.4 Å². The number of amides is 1. The first kappa shape index (κ1) is 18.1. The highest BCUT2D eigenvalue weighted by Crippen LogP contribution is 2.24. The van der Waals surface area contributed by atoms with Gasteiger partial charge >= 0.3 is 5.97 Å². The Morgan fingerprint density at radius 3 is 2.46 bits per heavy atom. The normalized spacial score (nSPS) is 10.3. The fourth-order valence-corrected chi connectivity index (χ4v) is 3.12. The van der Waals surface area contributed by atoms with Gasteiger partial charge in [0.1, 0.15) is 0 Å². The molecule has 2 aromatic carbocycles. The zero-order valence-electron chi connectivity index (χ0n) is 14.3. The Kier molecular flexibility index (Phi) is 6.04. The fraction of sp³-hybridized carbons (Fsp3) is 0.263. The highest BCUT2D eigenvalue weighted by molar-refractivity contribution is 8.00. The van der Waals surface area contributed by atoms with E-state index in [0.717, 1.165) is 16.0 Å². The number of aryl methyl sites for hydroxylation is 3. The maximum absolute atomic E-state index is 12.2. The van der Waals surface area contributed by atoms with Gasteiger partial charge in [-0.1, -0.05) is 23.8 Å². The van der Waals surface area contributed by atoms with Crippen molar-refractivity contribution >= 4 is 29.3 Å². The second-order valence-corrected chi connectivity index (χ2v) is 6.64. The lowest BCUT2D eigenvalue weighted by Gasteiger charge is -2.11. The molecule has 0 saturated heterocycles. The molecule has 5 heteroatoms. The van der Waals surface area contributed by atoms with Crippen LogP contribution in [0.3, 0.4) is 0 Å². The van der Waals surface area contributed by atoms with Gasteiger partial charge in [-0.2, -0.15) is 0 Å². The van der Waals surface area contributed by atoms with Crippen molar-refractivity contribution in [3.63, 3.8) is 0 Å². The maximum Gasteiger partial charge on any atom is 0.337 e. The molecule has 0 aliphatic heterocycles. The summed E-state index contributed by atoms with van der Waals surface area (Å²) in [6.45, 7) is 5.95. The van der Waals surface area contributed by atoms with Gasteiger partial charge < -0.3 is 10.1 Å². The van der Waals surface area contributed by atoms with Gasteiger partial charge in [-0.3, -0.25) is 4.79 Å². The molecule has 0 aliphatic rings. The van der Waals surface area contributed by atoms with E-state index >= 15 is 0 Å². The Morgan fingerprint density at radius 2 is 1.75 bits per heavy atom. The zero-order valence-corrected chi connectivity index (χ0v) is 15.1. The average molecular weight is 343 g/mol. The van der Waals surface area contributed by atoms with Crippen molar-refractivity contribution in [2.75, 3.05) is 18.2 Å². The Balaban J connectivity index is 2.04.